The molecule has 0 fully saturated rings. The largest absolute Gasteiger partial charge is 0.461 e. The molecule has 0 bridgehead atoms. The Labute approximate surface area is 106 Å². The van der Waals surface area contributed by atoms with Gasteiger partial charge in [-0.05, 0) is 24.6 Å². The van der Waals surface area contributed by atoms with Gasteiger partial charge in [-0.2, -0.15) is 8.78 Å². The van der Waals surface area contributed by atoms with E-state index in [4.69, 9.17) is 11.6 Å². The number of aliphatic hydroxyl groups excluding tert-OH is 1. The molecular weight excluding hydrogens is 273 g/mol. The van der Waals surface area contributed by atoms with Crippen molar-refractivity contribution in [3.05, 3.63) is 34.6 Å². The number of halogens is 4. The fourth-order valence-electron chi connectivity index (χ4n) is 1.23. The van der Waals surface area contributed by atoms with Crippen molar-refractivity contribution in [2.75, 3.05) is 6.61 Å². The first-order chi connectivity index (χ1) is 8.30. The molecule has 0 aliphatic carbocycles. The van der Waals surface area contributed by atoms with Gasteiger partial charge in [-0.3, -0.25) is 0 Å². The minimum Gasteiger partial charge on any atom is -0.461 e. The summed E-state index contributed by atoms with van der Waals surface area (Å²) >= 11 is 5.38. The van der Waals surface area contributed by atoms with Crippen LogP contribution in [-0.2, 0) is 9.53 Å². The van der Waals surface area contributed by atoms with Crippen LogP contribution in [-0.4, -0.2) is 23.6 Å². The molecule has 7 heteroatoms. The van der Waals surface area contributed by atoms with Gasteiger partial charge in [0.2, 0.25) is 0 Å². The first kappa shape index (κ1) is 14.8. The molecule has 1 rings (SSSR count). The van der Waals surface area contributed by atoms with Gasteiger partial charge >= 0.3 is 11.9 Å². The van der Waals surface area contributed by atoms with Gasteiger partial charge in [0.15, 0.2) is 6.10 Å². The van der Waals surface area contributed by atoms with Crippen LogP contribution in [0.2, 0.25) is 5.02 Å². The van der Waals surface area contributed by atoms with E-state index in [1.165, 1.54) is 6.92 Å². The number of ether oxygens (including phenoxy) is 1. The van der Waals surface area contributed by atoms with Crippen LogP contribution in [0, 0.1) is 5.82 Å². The summed E-state index contributed by atoms with van der Waals surface area (Å²) in [4.78, 5) is 11.0. The van der Waals surface area contributed by atoms with Crippen LogP contribution in [0.3, 0.4) is 0 Å². The minimum atomic E-state index is -4.16. The summed E-state index contributed by atoms with van der Waals surface area (Å²) < 4.78 is 44.1. The molecule has 1 aromatic carbocycles. The average Bonchev–Trinajstić information content (AvgIpc) is 2.32. The fourth-order valence-corrected chi connectivity index (χ4v) is 1.35. The summed E-state index contributed by atoms with van der Waals surface area (Å²) in [6.45, 7) is 1.10. The molecule has 0 aliphatic heterocycles. The van der Waals surface area contributed by atoms with Crippen molar-refractivity contribution < 1.29 is 27.8 Å². The number of alkyl halides is 2. The summed E-state index contributed by atoms with van der Waals surface area (Å²) in [5, 5.41) is 9.13. The van der Waals surface area contributed by atoms with E-state index in [1.54, 1.807) is 0 Å². The van der Waals surface area contributed by atoms with Gasteiger partial charge in [0, 0.05) is 0 Å². The molecular formula is C11H10ClF3O3. The van der Waals surface area contributed by atoms with E-state index >= 15 is 0 Å². The van der Waals surface area contributed by atoms with Gasteiger partial charge in [0.05, 0.1) is 11.6 Å². The smallest absolute Gasteiger partial charge is 0.380 e. The van der Waals surface area contributed by atoms with Crippen LogP contribution in [0.1, 0.15) is 18.6 Å². The third-order valence-corrected chi connectivity index (χ3v) is 2.46. The standard InChI is InChI=1S/C11H10ClF3O3/c1-2-18-10(17)11(14,15)9(16)6-3-4-7(12)8(13)5-6/h3-5,9,16H,2H2,1H3. The maximum absolute atomic E-state index is 13.4. The van der Waals surface area contributed by atoms with E-state index in [2.05, 4.69) is 4.74 Å². The zero-order valence-electron chi connectivity index (χ0n) is 9.29. The molecule has 1 unspecified atom stereocenters. The van der Waals surface area contributed by atoms with Crippen molar-refractivity contribution in [3.63, 3.8) is 0 Å². The highest BCUT2D eigenvalue weighted by atomic mass is 35.5. The first-order valence-electron chi connectivity index (χ1n) is 4.98. The Kier molecular flexibility index (Phi) is 4.59. The predicted molar refractivity (Wildman–Crippen MR) is 57.9 cm³/mol. The molecule has 0 aliphatic rings. The normalized spacial score (nSPS) is 13.2. The highest BCUT2D eigenvalue weighted by Crippen LogP contribution is 2.33. The van der Waals surface area contributed by atoms with Crippen molar-refractivity contribution in [1.29, 1.82) is 0 Å². The minimum absolute atomic E-state index is 0.254. The molecule has 0 saturated carbocycles. The summed E-state index contributed by atoms with van der Waals surface area (Å²) in [5.41, 5.74) is -0.463. The molecule has 0 heterocycles. The summed E-state index contributed by atoms with van der Waals surface area (Å²) in [6.07, 6.45) is -2.50. The lowest BCUT2D eigenvalue weighted by Crippen LogP contribution is -2.37. The zero-order chi connectivity index (χ0) is 13.9. The number of aliphatic hydroxyl groups is 1. The molecule has 0 amide bonds. The van der Waals surface area contributed by atoms with Crippen molar-refractivity contribution in [1.82, 2.24) is 0 Å². The zero-order valence-corrected chi connectivity index (χ0v) is 10.0. The maximum Gasteiger partial charge on any atom is 0.380 e. The Morgan fingerprint density at radius 2 is 2.17 bits per heavy atom. The molecule has 18 heavy (non-hydrogen) atoms. The van der Waals surface area contributed by atoms with Crippen LogP contribution in [0.4, 0.5) is 13.2 Å². The second-order valence-electron chi connectivity index (χ2n) is 3.42. The number of hydrogen-bond donors (Lipinski definition) is 1. The van der Waals surface area contributed by atoms with Crippen LogP contribution < -0.4 is 0 Å². The average molecular weight is 283 g/mol. The lowest BCUT2D eigenvalue weighted by molar-refractivity contribution is -0.189. The number of esters is 1. The second kappa shape index (κ2) is 5.58. The van der Waals surface area contributed by atoms with E-state index in [-0.39, 0.29) is 11.6 Å². The van der Waals surface area contributed by atoms with Crippen molar-refractivity contribution in [2.45, 2.75) is 19.0 Å². The third-order valence-electron chi connectivity index (χ3n) is 2.15. The molecule has 0 saturated heterocycles. The number of carbonyl (C=O) groups is 1. The van der Waals surface area contributed by atoms with Gasteiger partial charge < -0.3 is 9.84 Å². The van der Waals surface area contributed by atoms with Crippen LogP contribution in [0.15, 0.2) is 18.2 Å². The SMILES string of the molecule is CCOC(=O)C(F)(F)C(O)c1ccc(Cl)c(F)c1. The maximum atomic E-state index is 13.4. The number of carbonyl (C=O) groups excluding carboxylic acids is 1. The number of rotatable bonds is 4. The van der Waals surface area contributed by atoms with Crippen molar-refractivity contribution >= 4 is 17.6 Å². The highest BCUT2D eigenvalue weighted by Gasteiger charge is 2.49. The van der Waals surface area contributed by atoms with Crippen molar-refractivity contribution in [3.8, 4) is 0 Å². The summed E-state index contributed by atoms with van der Waals surface area (Å²) in [6, 6.07) is 2.65. The van der Waals surface area contributed by atoms with Gasteiger partial charge in [-0.1, -0.05) is 17.7 Å². The quantitative estimate of drug-likeness (QED) is 0.864. The molecule has 100 valence electrons. The molecule has 1 N–H and O–H groups in total. The van der Waals surface area contributed by atoms with E-state index in [9.17, 15) is 23.1 Å². The number of benzene rings is 1. The van der Waals surface area contributed by atoms with E-state index in [1.807, 2.05) is 0 Å². The van der Waals surface area contributed by atoms with Crippen LogP contribution in [0.5, 0.6) is 0 Å². The van der Waals surface area contributed by atoms with E-state index in [0.717, 1.165) is 12.1 Å². The second-order valence-corrected chi connectivity index (χ2v) is 3.83. The van der Waals surface area contributed by atoms with Gasteiger partial charge in [0.25, 0.3) is 0 Å². The lowest BCUT2D eigenvalue weighted by atomic mass is 10.0. The Morgan fingerprint density at radius 3 is 2.67 bits per heavy atom. The van der Waals surface area contributed by atoms with Gasteiger partial charge in [0.1, 0.15) is 5.82 Å². The molecule has 0 aromatic heterocycles. The Balaban J connectivity index is 3.01. The molecule has 1 aromatic rings. The van der Waals surface area contributed by atoms with E-state index in [0.29, 0.717) is 6.07 Å². The fraction of sp³-hybridized carbons (Fsp3) is 0.364. The lowest BCUT2D eigenvalue weighted by Gasteiger charge is -2.20. The van der Waals surface area contributed by atoms with Gasteiger partial charge in [-0.15, -0.1) is 0 Å². The van der Waals surface area contributed by atoms with Crippen LogP contribution >= 0.6 is 11.6 Å². The molecule has 1 atom stereocenters. The monoisotopic (exact) mass is 282 g/mol. The molecule has 0 radical (unpaired) electrons. The van der Waals surface area contributed by atoms with Gasteiger partial charge in [-0.25, -0.2) is 9.18 Å². The first-order valence-corrected chi connectivity index (χ1v) is 5.36. The van der Waals surface area contributed by atoms with Crippen LogP contribution in [0.25, 0.3) is 0 Å². The Morgan fingerprint density at radius 1 is 1.56 bits per heavy atom. The Bertz CT molecular complexity index is 451. The predicted octanol–water partition coefficient (Wildman–Crippen LogP) is 2.71. The Hall–Kier alpha value is -1.27. The third kappa shape index (κ3) is 2.94. The summed E-state index contributed by atoms with van der Waals surface area (Å²) in [5.74, 6) is -6.99. The molecule has 3 nitrogen and oxygen atoms in total. The molecule has 0 spiro atoms. The summed E-state index contributed by atoms with van der Waals surface area (Å²) in [7, 11) is 0. The topological polar surface area (TPSA) is 46.5 Å². The highest BCUT2D eigenvalue weighted by molar-refractivity contribution is 6.30. The van der Waals surface area contributed by atoms with E-state index < -0.39 is 29.4 Å². The van der Waals surface area contributed by atoms with Crippen molar-refractivity contribution in [2.24, 2.45) is 0 Å². The number of hydrogen-bond acceptors (Lipinski definition) is 3.